The molecule has 4 nitrogen and oxygen atoms in total. The van der Waals surface area contributed by atoms with Gasteiger partial charge < -0.3 is 9.84 Å². The lowest BCUT2D eigenvalue weighted by molar-refractivity contribution is -0.115. The van der Waals surface area contributed by atoms with Crippen molar-refractivity contribution in [1.29, 1.82) is 0 Å². The molecule has 2 rings (SSSR count). The molecule has 2 aromatic rings. The van der Waals surface area contributed by atoms with Crippen LogP contribution in [0.25, 0.3) is 0 Å². The second-order valence-corrected chi connectivity index (χ2v) is 6.20. The van der Waals surface area contributed by atoms with Crippen molar-refractivity contribution in [2.24, 2.45) is 0 Å². The van der Waals surface area contributed by atoms with Gasteiger partial charge in [0.1, 0.15) is 11.6 Å². The van der Waals surface area contributed by atoms with Gasteiger partial charge >= 0.3 is 0 Å². The SMILES string of the molecule is Cc1cc(NC(=O)[C@@H](C)SCc2c(F)cccc2Cl)no1. The molecule has 1 atom stereocenters. The van der Waals surface area contributed by atoms with Gasteiger partial charge in [0.05, 0.1) is 5.25 Å². The Morgan fingerprint density at radius 2 is 2.33 bits per heavy atom. The molecule has 1 amide bonds. The summed E-state index contributed by atoms with van der Waals surface area (Å²) in [6.07, 6.45) is 0. The smallest absolute Gasteiger partial charge is 0.238 e. The van der Waals surface area contributed by atoms with Crippen molar-refractivity contribution in [3.05, 3.63) is 46.4 Å². The van der Waals surface area contributed by atoms with E-state index in [1.54, 1.807) is 32.0 Å². The number of aryl methyl sites for hydroxylation is 1. The molecule has 1 aromatic heterocycles. The van der Waals surface area contributed by atoms with E-state index in [1.165, 1.54) is 17.8 Å². The summed E-state index contributed by atoms with van der Waals surface area (Å²) in [5.74, 6) is 0.714. The van der Waals surface area contributed by atoms with E-state index in [9.17, 15) is 9.18 Å². The number of carbonyl (C=O) groups is 1. The first-order chi connectivity index (χ1) is 9.97. The third-order valence-corrected chi connectivity index (χ3v) is 4.31. The number of halogens is 2. The van der Waals surface area contributed by atoms with Crippen LogP contribution >= 0.6 is 23.4 Å². The van der Waals surface area contributed by atoms with E-state index in [1.807, 2.05) is 0 Å². The normalized spacial score (nSPS) is 12.2. The highest BCUT2D eigenvalue weighted by molar-refractivity contribution is 7.99. The largest absolute Gasteiger partial charge is 0.360 e. The summed E-state index contributed by atoms with van der Waals surface area (Å²) < 4.78 is 18.5. The maximum atomic E-state index is 13.6. The van der Waals surface area contributed by atoms with E-state index in [-0.39, 0.29) is 17.0 Å². The lowest BCUT2D eigenvalue weighted by Gasteiger charge is -2.11. The number of carbonyl (C=O) groups excluding carboxylic acids is 1. The summed E-state index contributed by atoms with van der Waals surface area (Å²) in [4.78, 5) is 12.0. The number of hydrogen-bond donors (Lipinski definition) is 1. The molecule has 7 heteroatoms. The van der Waals surface area contributed by atoms with Crippen LogP contribution in [-0.4, -0.2) is 16.3 Å². The zero-order valence-corrected chi connectivity index (χ0v) is 13.1. The average Bonchev–Trinajstić information content (AvgIpc) is 2.83. The Labute approximate surface area is 131 Å². The Morgan fingerprint density at radius 3 is 2.95 bits per heavy atom. The topological polar surface area (TPSA) is 55.1 Å². The Kier molecular flexibility index (Phi) is 5.25. The van der Waals surface area contributed by atoms with Gasteiger partial charge in [-0.3, -0.25) is 4.79 Å². The van der Waals surface area contributed by atoms with E-state index in [0.29, 0.717) is 27.9 Å². The van der Waals surface area contributed by atoms with E-state index in [0.717, 1.165) is 0 Å². The van der Waals surface area contributed by atoms with Crippen LogP contribution in [0.2, 0.25) is 5.02 Å². The van der Waals surface area contributed by atoms with Crippen molar-refractivity contribution >= 4 is 35.1 Å². The highest BCUT2D eigenvalue weighted by Gasteiger charge is 2.17. The fourth-order valence-electron chi connectivity index (χ4n) is 1.61. The van der Waals surface area contributed by atoms with Crippen LogP contribution in [0.15, 0.2) is 28.8 Å². The van der Waals surface area contributed by atoms with Crippen molar-refractivity contribution < 1.29 is 13.7 Å². The molecule has 1 heterocycles. The molecule has 1 N–H and O–H groups in total. The van der Waals surface area contributed by atoms with Gasteiger partial charge in [-0.2, -0.15) is 0 Å². The predicted molar refractivity (Wildman–Crippen MR) is 82.0 cm³/mol. The highest BCUT2D eigenvalue weighted by atomic mass is 35.5. The summed E-state index contributed by atoms with van der Waals surface area (Å²) >= 11 is 7.25. The van der Waals surface area contributed by atoms with Crippen molar-refractivity contribution in [2.45, 2.75) is 24.9 Å². The van der Waals surface area contributed by atoms with Crippen LogP contribution in [0.4, 0.5) is 10.2 Å². The van der Waals surface area contributed by atoms with Gasteiger partial charge in [0.2, 0.25) is 5.91 Å². The number of nitrogens with zero attached hydrogens (tertiary/aromatic N) is 1. The predicted octanol–water partition coefficient (Wildman–Crippen LogP) is 4.04. The van der Waals surface area contributed by atoms with Crippen LogP contribution in [0.3, 0.4) is 0 Å². The maximum Gasteiger partial charge on any atom is 0.238 e. The molecule has 0 saturated heterocycles. The fraction of sp³-hybridized carbons (Fsp3) is 0.286. The van der Waals surface area contributed by atoms with Gasteiger partial charge in [-0.05, 0) is 26.0 Å². The van der Waals surface area contributed by atoms with Crippen molar-refractivity contribution in [1.82, 2.24) is 5.16 Å². The van der Waals surface area contributed by atoms with Crippen LogP contribution < -0.4 is 5.32 Å². The molecule has 21 heavy (non-hydrogen) atoms. The quantitative estimate of drug-likeness (QED) is 0.900. The first-order valence-electron chi connectivity index (χ1n) is 6.26. The van der Waals surface area contributed by atoms with Crippen LogP contribution in [-0.2, 0) is 10.5 Å². The molecule has 1 aromatic carbocycles. The van der Waals surface area contributed by atoms with Gasteiger partial charge in [-0.1, -0.05) is 22.8 Å². The summed E-state index contributed by atoms with van der Waals surface area (Å²) in [5, 5.41) is 6.31. The van der Waals surface area contributed by atoms with Gasteiger partial charge in [-0.15, -0.1) is 11.8 Å². The molecule has 0 aliphatic rings. The van der Waals surface area contributed by atoms with E-state index in [2.05, 4.69) is 10.5 Å². The molecule has 0 spiro atoms. The Bertz CT molecular complexity index is 627. The number of aromatic nitrogens is 1. The highest BCUT2D eigenvalue weighted by Crippen LogP contribution is 2.26. The minimum absolute atomic E-state index is 0.222. The van der Waals surface area contributed by atoms with Gasteiger partial charge in [-0.25, -0.2) is 4.39 Å². The summed E-state index contributed by atoms with van der Waals surface area (Å²) in [6, 6.07) is 6.16. The number of nitrogens with one attached hydrogen (secondary N) is 1. The van der Waals surface area contributed by atoms with E-state index >= 15 is 0 Å². The lowest BCUT2D eigenvalue weighted by Crippen LogP contribution is -2.22. The minimum Gasteiger partial charge on any atom is -0.360 e. The van der Waals surface area contributed by atoms with Gasteiger partial charge in [0.15, 0.2) is 5.82 Å². The average molecular weight is 329 g/mol. The van der Waals surface area contributed by atoms with Crippen molar-refractivity contribution in [3.63, 3.8) is 0 Å². The number of benzene rings is 1. The lowest BCUT2D eigenvalue weighted by atomic mass is 10.2. The van der Waals surface area contributed by atoms with Crippen molar-refractivity contribution in [2.75, 3.05) is 5.32 Å². The Morgan fingerprint density at radius 1 is 1.57 bits per heavy atom. The third kappa shape index (κ3) is 4.22. The van der Waals surface area contributed by atoms with Gasteiger partial charge in [0, 0.05) is 22.4 Å². The number of amides is 1. The molecule has 0 fully saturated rings. The molecule has 0 radical (unpaired) electrons. The fourth-order valence-corrected chi connectivity index (χ4v) is 2.84. The number of anilines is 1. The zero-order valence-electron chi connectivity index (χ0n) is 11.5. The molecule has 0 aliphatic heterocycles. The summed E-state index contributed by atoms with van der Waals surface area (Å²) in [6.45, 7) is 3.47. The Balaban J connectivity index is 1.92. The molecular weight excluding hydrogens is 315 g/mol. The standard InChI is InChI=1S/C14H14ClFN2O2S/c1-8-6-13(18-20-8)17-14(19)9(2)21-7-10-11(15)4-3-5-12(10)16/h3-6,9H,7H2,1-2H3,(H,17,18,19)/t9-/m1/s1. The summed E-state index contributed by atoms with van der Waals surface area (Å²) in [7, 11) is 0. The molecule has 0 aliphatic carbocycles. The molecule has 0 bridgehead atoms. The van der Waals surface area contributed by atoms with Crippen LogP contribution in [0.1, 0.15) is 18.2 Å². The first kappa shape index (κ1) is 15.9. The summed E-state index contributed by atoms with van der Waals surface area (Å²) in [5.41, 5.74) is 0.404. The second kappa shape index (κ2) is 6.95. The molecule has 112 valence electrons. The second-order valence-electron chi connectivity index (χ2n) is 4.47. The van der Waals surface area contributed by atoms with Crippen molar-refractivity contribution in [3.8, 4) is 0 Å². The number of thioether (sulfide) groups is 1. The first-order valence-corrected chi connectivity index (χ1v) is 7.68. The number of hydrogen-bond acceptors (Lipinski definition) is 4. The van der Waals surface area contributed by atoms with E-state index in [4.69, 9.17) is 16.1 Å². The van der Waals surface area contributed by atoms with E-state index < -0.39 is 0 Å². The van der Waals surface area contributed by atoms with Crippen LogP contribution in [0, 0.1) is 12.7 Å². The maximum absolute atomic E-state index is 13.6. The van der Waals surface area contributed by atoms with Gasteiger partial charge in [0.25, 0.3) is 0 Å². The number of rotatable bonds is 5. The van der Waals surface area contributed by atoms with Crippen LogP contribution in [0.5, 0.6) is 0 Å². The third-order valence-electron chi connectivity index (χ3n) is 2.79. The zero-order chi connectivity index (χ0) is 15.4. The minimum atomic E-state index is -0.377. The molecular formula is C14H14ClFN2O2S. The molecule has 0 unspecified atom stereocenters. The molecule has 0 saturated carbocycles. The Hall–Kier alpha value is -1.53. The monoisotopic (exact) mass is 328 g/mol.